The predicted octanol–water partition coefficient (Wildman–Crippen LogP) is 1.21. The first-order valence-electron chi connectivity index (χ1n) is 7.25. The molecule has 6 heteroatoms. The Morgan fingerprint density at radius 2 is 1.76 bits per heavy atom. The Balaban J connectivity index is 1.58. The SMILES string of the molecule is Cc1cc(C)nc(CN2CCN(c3ccncn3)CC2)n1. The van der Waals surface area contributed by atoms with Gasteiger partial charge >= 0.3 is 0 Å². The van der Waals surface area contributed by atoms with Gasteiger partial charge in [-0.3, -0.25) is 4.90 Å². The molecule has 6 nitrogen and oxygen atoms in total. The smallest absolute Gasteiger partial charge is 0.142 e. The molecule has 0 unspecified atom stereocenters. The van der Waals surface area contributed by atoms with Crippen molar-refractivity contribution in [2.75, 3.05) is 31.1 Å². The number of anilines is 1. The second-order valence-electron chi connectivity index (χ2n) is 5.40. The van der Waals surface area contributed by atoms with E-state index >= 15 is 0 Å². The molecule has 0 saturated carbocycles. The van der Waals surface area contributed by atoms with Gasteiger partial charge in [-0.25, -0.2) is 19.9 Å². The fourth-order valence-electron chi connectivity index (χ4n) is 2.68. The zero-order chi connectivity index (χ0) is 14.7. The van der Waals surface area contributed by atoms with Crippen molar-refractivity contribution in [3.63, 3.8) is 0 Å². The number of nitrogens with zero attached hydrogens (tertiary/aromatic N) is 6. The molecule has 2 aromatic heterocycles. The number of aryl methyl sites for hydroxylation is 2. The van der Waals surface area contributed by atoms with Crippen LogP contribution in [0.3, 0.4) is 0 Å². The van der Waals surface area contributed by atoms with Gasteiger partial charge < -0.3 is 4.90 Å². The molecule has 0 aromatic carbocycles. The Hall–Kier alpha value is -2.08. The van der Waals surface area contributed by atoms with E-state index in [1.165, 1.54) is 0 Å². The van der Waals surface area contributed by atoms with E-state index in [0.29, 0.717) is 0 Å². The van der Waals surface area contributed by atoms with Crippen molar-refractivity contribution in [3.05, 3.63) is 41.9 Å². The topological polar surface area (TPSA) is 58.0 Å². The second-order valence-corrected chi connectivity index (χ2v) is 5.40. The quantitative estimate of drug-likeness (QED) is 0.844. The Bertz CT molecular complexity index is 572. The average Bonchev–Trinajstić information content (AvgIpc) is 2.48. The van der Waals surface area contributed by atoms with Crippen LogP contribution in [0.25, 0.3) is 0 Å². The van der Waals surface area contributed by atoms with Crippen LogP contribution >= 0.6 is 0 Å². The zero-order valence-electron chi connectivity index (χ0n) is 12.5. The highest BCUT2D eigenvalue weighted by molar-refractivity contribution is 5.36. The van der Waals surface area contributed by atoms with Gasteiger partial charge in [0.2, 0.25) is 0 Å². The lowest BCUT2D eigenvalue weighted by atomic mass is 10.3. The van der Waals surface area contributed by atoms with Gasteiger partial charge in [-0.1, -0.05) is 0 Å². The molecule has 0 N–H and O–H groups in total. The molecule has 0 spiro atoms. The standard InChI is InChI=1S/C15H20N6/c1-12-9-13(2)19-14(18-12)10-20-5-7-21(8-6-20)15-3-4-16-11-17-15/h3-4,9,11H,5-8,10H2,1-2H3. The normalized spacial score (nSPS) is 16.2. The third-order valence-corrected chi connectivity index (χ3v) is 3.66. The van der Waals surface area contributed by atoms with E-state index in [4.69, 9.17) is 0 Å². The summed E-state index contributed by atoms with van der Waals surface area (Å²) in [6, 6.07) is 3.97. The lowest BCUT2D eigenvalue weighted by molar-refractivity contribution is 0.243. The van der Waals surface area contributed by atoms with Crippen molar-refractivity contribution in [3.8, 4) is 0 Å². The molecule has 1 aliphatic heterocycles. The minimum absolute atomic E-state index is 0.820. The molecule has 110 valence electrons. The predicted molar refractivity (Wildman–Crippen MR) is 81.0 cm³/mol. The molecule has 0 radical (unpaired) electrons. The highest BCUT2D eigenvalue weighted by atomic mass is 15.3. The lowest BCUT2D eigenvalue weighted by Gasteiger charge is -2.34. The van der Waals surface area contributed by atoms with Gasteiger partial charge in [0.15, 0.2) is 0 Å². The highest BCUT2D eigenvalue weighted by Gasteiger charge is 2.18. The Morgan fingerprint density at radius 1 is 1.05 bits per heavy atom. The van der Waals surface area contributed by atoms with Crippen molar-refractivity contribution < 1.29 is 0 Å². The van der Waals surface area contributed by atoms with Crippen molar-refractivity contribution in [1.29, 1.82) is 0 Å². The zero-order valence-corrected chi connectivity index (χ0v) is 12.5. The van der Waals surface area contributed by atoms with Crippen LogP contribution in [0.5, 0.6) is 0 Å². The van der Waals surface area contributed by atoms with Crippen molar-refractivity contribution in [2.24, 2.45) is 0 Å². The third kappa shape index (κ3) is 3.52. The van der Waals surface area contributed by atoms with E-state index in [1.807, 2.05) is 26.0 Å². The molecular weight excluding hydrogens is 264 g/mol. The van der Waals surface area contributed by atoms with Crippen molar-refractivity contribution in [2.45, 2.75) is 20.4 Å². The summed E-state index contributed by atoms with van der Waals surface area (Å²) < 4.78 is 0. The largest absolute Gasteiger partial charge is 0.354 e. The first-order chi connectivity index (χ1) is 10.2. The summed E-state index contributed by atoms with van der Waals surface area (Å²) in [7, 11) is 0. The summed E-state index contributed by atoms with van der Waals surface area (Å²) in [5.41, 5.74) is 2.08. The van der Waals surface area contributed by atoms with Crippen LogP contribution in [0.4, 0.5) is 5.82 Å². The monoisotopic (exact) mass is 284 g/mol. The third-order valence-electron chi connectivity index (χ3n) is 3.66. The molecular formula is C15H20N6. The van der Waals surface area contributed by atoms with E-state index in [1.54, 1.807) is 12.5 Å². The van der Waals surface area contributed by atoms with Crippen molar-refractivity contribution >= 4 is 5.82 Å². The molecule has 3 rings (SSSR count). The van der Waals surface area contributed by atoms with Crippen LogP contribution in [0.15, 0.2) is 24.7 Å². The molecule has 0 bridgehead atoms. The molecule has 1 saturated heterocycles. The van der Waals surface area contributed by atoms with Gasteiger partial charge in [0.1, 0.15) is 18.0 Å². The molecule has 3 heterocycles. The van der Waals surface area contributed by atoms with E-state index in [2.05, 4.69) is 29.7 Å². The maximum atomic E-state index is 4.52. The minimum atomic E-state index is 0.820. The summed E-state index contributed by atoms with van der Waals surface area (Å²) in [4.78, 5) is 22.0. The Kier molecular flexibility index (Phi) is 4.06. The number of rotatable bonds is 3. The molecule has 0 atom stereocenters. The van der Waals surface area contributed by atoms with Crippen LogP contribution in [-0.4, -0.2) is 51.0 Å². The fourth-order valence-corrected chi connectivity index (χ4v) is 2.68. The number of hydrogen-bond acceptors (Lipinski definition) is 6. The number of hydrogen-bond donors (Lipinski definition) is 0. The molecule has 0 amide bonds. The van der Waals surface area contributed by atoms with Crippen LogP contribution in [0.2, 0.25) is 0 Å². The first-order valence-corrected chi connectivity index (χ1v) is 7.25. The van der Waals surface area contributed by atoms with Crippen LogP contribution in [0.1, 0.15) is 17.2 Å². The summed E-state index contributed by atoms with van der Waals surface area (Å²) in [6.07, 6.45) is 3.39. The van der Waals surface area contributed by atoms with Gasteiger partial charge in [0.25, 0.3) is 0 Å². The Labute approximate surface area is 124 Å². The molecule has 0 aliphatic carbocycles. The van der Waals surface area contributed by atoms with Gasteiger partial charge in [-0.15, -0.1) is 0 Å². The van der Waals surface area contributed by atoms with Gasteiger partial charge in [0.05, 0.1) is 6.54 Å². The Morgan fingerprint density at radius 3 is 2.38 bits per heavy atom. The maximum Gasteiger partial charge on any atom is 0.142 e. The van der Waals surface area contributed by atoms with Crippen molar-refractivity contribution in [1.82, 2.24) is 24.8 Å². The maximum absolute atomic E-state index is 4.52. The van der Waals surface area contributed by atoms with Crippen LogP contribution in [0, 0.1) is 13.8 Å². The fraction of sp³-hybridized carbons (Fsp3) is 0.467. The van der Waals surface area contributed by atoms with E-state index in [9.17, 15) is 0 Å². The first kappa shape index (κ1) is 13.9. The van der Waals surface area contributed by atoms with E-state index in [-0.39, 0.29) is 0 Å². The average molecular weight is 284 g/mol. The van der Waals surface area contributed by atoms with E-state index < -0.39 is 0 Å². The summed E-state index contributed by atoms with van der Waals surface area (Å²) >= 11 is 0. The van der Waals surface area contributed by atoms with Gasteiger partial charge in [0, 0.05) is 43.8 Å². The molecule has 1 aliphatic rings. The van der Waals surface area contributed by atoms with Crippen LogP contribution in [-0.2, 0) is 6.54 Å². The highest BCUT2D eigenvalue weighted by Crippen LogP contribution is 2.13. The number of aromatic nitrogens is 4. The van der Waals surface area contributed by atoms with Gasteiger partial charge in [-0.2, -0.15) is 0 Å². The minimum Gasteiger partial charge on any atom is -0.354 e. The molecule has 1 fully saturated rings. The van der Waals surface area contributed by atoms with Crippen LogP contribution < -0.4 is 4.90 Å². The summed E-state index contributed by atoms with van der Waals surface area (Å²) in [6.45, 7) is 8.81. The molecule has 2 aromatic rings. The summed E-state index contributed by atoms with van der Waals surface area (Å²) in [5.74, 6) is 1.93. The molecule has 21 heavy (non-hydrogen) atoms. The lowest BCUT2D eigenvalue weighted by Crippen LogP contribution is -2.46. The number of piperazine rings is 1. The van der Waals surface area contributed by atoms with E-state index in [0.717, 1.165) is 55.8 Å². The second kappa shape index (κ2) is 6.13. The summed E-state index contributed by atoms with van der Waals surface area (Å²) in [5, 5.41) is 0. The van der Waals surface area contributed by atoms with Gasteiger partial charge in [-0.05, 0) is 26.0 Å².